The molecule has 16 heteroatoms. The Morgan fingerprint density at radius 2 is 1.82 bits per heavy atom. The first-order chi connectivity index (χ1) is 19.1. The molecule has 16 nitrogen and oxygen atoms in total. The molecule has 0 unspecified atom stereocenters. The molecule has 2 aliphatic rings. The molecule has 5 rings (SSSR count). The number of ether oxygens (including phenoxy) is 2. The molecule has 3 heterocycles. The van der Waals surface area contributed by atoms with Crippen LogP contribution in [0.15, 0.2) is 44.3 Å². The maximum absolute atomic E-state index is 12.2. The number of nitrogen functional groups attached to an aromatic ring is 1. The van der Waals surface area contributed by atoms with Crippen LogP contribution in [0.3, 0.4) is 0 Å². The smallest absolute Gasteiger partial charge is 0.280 e. The predicted octanol–water partition coefficient (Wildman–Crippen LogP) is -2.19. The lowest BCUT2D eigenvalue weighted by atomic mass is 9.95. The standard InChI is InChI=1S/C24H28N8O8/c1-3-39-20-9(2)15(33)13(20)27-6-4-5-26-11-12(18(36)17(11)35)28-7-10-16(34)19(37)23(40-10)32-8-29-14-21(32)30-24(25)31-22(14)38/h8,10,16,19,23,26-28,34,37H,2-7H2,1H3,(H3,25,30,31,38)/t10-,16-,19-,23-/m1/s1. The van der Waals surface area contributed by atoms with E-state index in [2.05, 4.69) is 37.5 Å². The third-order valence-electron chi connectivity index (χ3n) is 6.70. The van der Waals surface area contributed by atoms with Gasteiger partial charge in [-0.15, -0.1) is 0 Å². The minimum atomic E-state index is -1.41. The summed E-state index contributed by atoms with van der Waals surface area (Å²) in [5, 5.41) is 29.9. The zero-order chi connectivity index (χ0) is 28.7. The van der Waals surface area contributed by atoms with Crippen LogP contribution < -0.4 is 38.1 Å². The summed E-state index contributed by atoms with van der Waals surface area (Å²) in [5.74, 6) is 0.0916. The number of hydrogen-bond acceptors (Lipinski definition) is 14. The van der Waals surface area contributed by atoms with Crippen molar-refractivity contribution in [1.29, 1.82) is 0 Å². The Kier molecular flexibility index (Phi) is 7.14. The Labute approximate surface area is 225 Å². The van der Waals surface area contributed by atoms with Crippen LogP contribution in [0, 0.1) is 0 Å². The van der Waals surface area contributed by atoms with Crippen LogP contribution in [-0.4, -0.2) is 80.1 Å². The molecule has 1 aliphatic carbocycles. The minimum absolute atomic E-state index is 0.0214. The Morgan fingerprint density at radius 1 is 1.12 bits per heavy atom. The van der Waals surface area contributed by atoms with Crippen LogP contribution >= 0.6 is 0 Å². The van der Waals surface area contributed by atoms with Gasteiger partial charge >= 0.3 is 0 Å². The second kappa shape index (κ2) is 10.6. The van der Waals surface area contributed by atoms with E-state index in [0.29, 0.717) is 43.1 Å². The summed E-state index contributed by atoms with van der Waals surface area (Å²) >= 11 is 0. The highest BCUT2D eigenvalue weighted by molar-refractivity contribution is 6.18. The van der Waals surface area contributed by atoms with Crippen molar-refractivity contribution in [2.24, 2.45) is 0 Å². The van der Waals surface area contributed by atoms with Gasteiger partial charge in [-0.1, -0.05) is 6.58 Å². The van der Waals surface area contributed by atoms with Gasteiger partial charge < -0.3 is 41.4 Å². The van der Waals surface area contributed by atoms with Gasteiger partial charge in [0, 0.05) is 19.6 Å². The molecule has 1 saturated heterocycles. The zero-order valence-corrected chi connectivity index (χ0v) is 21.4. The van der Waals surface area contributed by atoms with E-state index in [1.807, 2.05) is 0 Å². The number of anilines is 3. The molecule has 0 saturated carbocycles. The number of H-pyrrole nitrogens is 1. The number of ketones is 1. The van der Waals surface area contributed by atoms with Crippen molar-refractivity contribution in [3.8, 4) is 0 Å². The van der Waals surface area contributed by atoms with E-state index in [0.717, 1.165) is 0 Å². The lowest BCUT2D eigenvalue weighted by molar-refractivity contribution is -0.114. The second-order valence-corrected chi connectivity index (χ2v) is 9.26. The first-order valence-corrected chi connectivity index (χ1v) is 12.5. The normalized spacial score (nSPS) is 22.7. The maximum atomic E-state index is 12.2. The van der Waals surface area contributed by atoms with Gasteiger partial charge in [0.05, 0.1) is 18.5 Å². The van der Waals surface area contributed by atoms with Crippen LogP contribution in [-0.2, 0) is 14.3 Å². The number of aromatic nitrogens is 4. The quantitative estimate of drug-likeness (QED) is 0.0713. The number of imidazole rings is 1. The van der Waals surface area contributed by atoms with Gasteiger partial charge in [-0.3, -0.25) is 28.7 Å². The van der Waals surface area contributed by atoms with Crippen LogP contribution in [0.5, 0.6) is 0 Å². The van der Waals surface area contributed by atoms with Gasteiger partial charge in [0.1, 0.15) is 35.4 Å². The van der Waals surface area contributed by atoms with Crippen molar-refractivity contribution in [2.45, 2.75) is 37.9 Å². The summed E-state index contributed by atoms with van der Waals surface area (Å²) in [5.41, 5.74) is 4.49. The molecule has 0 bridgehead atoms. The monoisotopic (exact) mass is 556 g/mol. The van der Waals surface area contributed by atoms with Gasteiger partial charge in [-0.25, -0.2) is 4.98 Å². The third kappa shape index (κ3) is 4.51. The van der Waals surface area contributed by atoms with Gasteiger partial charge in [0.25, 0.3) is 16.4 Å². The van der Waals surface area contributed by atoms with Crippen LogP contribution in [0.25, 0.3) is 11.2 Å². The molecule has 0 radical (unpaired) electrons. The number of fused-ring (bicyclic) bond motifs is 1. The third-order valence-corrected chi connectivity index (χ3v) is 6.70. The van der Waals surface area contributed by atoms with E-state index < -0.39 is 41.0 Å². The van der Waals surface area contributed by atoms with E-state index in [4.69, 9.17) is 15.2 Å². The molecular weight excluding hydrogens is 528 g/mol. The highest BCUT2D eigenvalue weighted by Gasteiger charge is 2.44. The number of nitrogens with zero attached hydrogens (tertiary/aromatic N) is 3. The van der Waals surface area contributed by atoms with E-state index in [-0.39, 0.29) is 40.8 Å². The molecule has 212 valence electrons. The molecule has 0 spiro atoms. The Bertz CT molecular complexity index is 1650. The van der Waals surface area contributed by atoms with Gasteiger partial charge in [-0.2, -0.15) is 4.98 Å². The number of aliphatic hydroxyl groups is 2. The second-order valence-electron chi connectivity index (χ2n) is 9.26. The van der Waals surface area contributed by atoms with Crippen LogP contribution in [0.1, 0.15) is 19.6 Å². The summed E-state index contributed by atoms with van der Waals surface area (Å²) < 4.78 is 12.5. The Hall–Kier alpha value is -4.54. The zero-order valence-electron chi connectivity index (χ0n) is 21.4. The fraction of sp³-hybridized carbons (Fsp3) is 0.417. The molecule has 1 aromatic carbocycles. The van der Waals surface area contributed by atoms with Crippen LogP contribution in [0.2, 0.25) is 0 Å². The van der Waals surface area contributed by atoms with E-state index >= 15 is 0 Å². The average Bonchev–Trinajstić information content (AvgIpc) is 3.48. The first kappa shape index (κ1) is 27.0. The molecule has 3 aromatic rings. The SMILES string of the molecule is C=C1C(=O)C(NCCCNc2c(NC[C@H]3O[C@@H](n4cnc5c(=O)[nH]c(N)nc54)[C@H](O)[C@@H]3O)c(=O)c2=O)=C1OCC. The molecule has 1 aliphatic heterocycles. The number of carbonyl (C=O) groups excluding carboxylic acids is 1. The number of hydrogen-bond donors (Lipinski definition) is 7. The highest BCUT2D eigenvalue weighted by atomic mass is 16.6. The number of aromatic amines is 1. The summed E-state index contributed by atoms with van der Waals surface area (Å²) in [6, 6.07) is 0. The van der Waals surface area contributed by atoms with Crippen molar-refractivity contribution in [1.82, 2.24) is 24.8 Å². The molecule has 2 aromatic heterocycles. The first-order valence-electron chi connectivity index (χ1n) is 12.5. The Morgan fingerprint density at radius 3 is 2.55 bits per heavy atom. The lowest BCUT2D eigenvalue weighted by Crippen LogP contribution is -2.41. The topological polar surface area (TPSA) is 236 Å². The van der Waals surface area contributed by atoms with Gasteiger partial charge in [0.15, 0.2) is 23.2 Å². The number of allylic oxidation sites excluding steroid dienone is 2. The fourth-order valence-electron chi connectivity index (χ4n) is 4.61. The van der Waals surface area contributed by atoms with Gasteiger partial charge in [-0.05, 0) is 13.3 Å². The molecule has 40 heavy (non-hydrogen) atoms. The number of nitrogens with one attached hydrogen (secondary N) is 4. The molecule has 0 amide bonds. The number of carbonyl (C=O) groups is 1. The maximum Gasteiger partial charge on any atom is 0.280 e. The van der Waals surface area contributed by atoms with Crippen molar-refractivity contribution in [3.63, 3.8) is 0 Å². The summed E-state index contributed by atoms with van der Waals surface area (Å²) in [4.78, 5) is 58.6. The minimum Gasteiger partial charge on any atom is -0.491 e. The molecule has 8 N–H and O–H groups in total. The predicted molar refractivity (Wildman–Crippen MR) is 142 cm³/mol. The van der Waals surface area contributed by atoms with Crippen molar-refractivity contribution >= 4 is 34.3 Å². The lowest BCUT2D eigenvalue weighted by Gasteiger charge is -2.25. The van der Waals surface area contributed by atoms with E-state index in [1.165, 1.54) is 10.9 Å². The summed E-state index contributed by atoms with van der Waals surface area (Å²) in [7, 11) is 0. The molecule has 1 fully saturated rings. The van der Waals surface area contributed by atoms with Crippen molar-refractivity contribution in [3.05, 3.63) is 60.7 Å². The molecule has 4 atom stereocenters. The van der Waals surface area contributed by atoms with E-state index in [1.54, 1.807) is 6.92 Å². The fourth-order valence-corrected chi connectivity index (χ4v) is 4.61. The summed E-state index contributed by atoms with van der Waals surface area (Å²) in [6.07, 6.45) is -3.16. The molecular formula is C24H28N8O8. The number of rotatable bonds is 12. The van der Waals surface area contributed by atoms with Crippen molar-refractivity contribution < 1.29 is 24.5 Å². The largest absolute Gasteiger partial charge is 0.491 e. The van der Waals surface area contributed by atoms with Gasteiger partial charge in [0.2, 0.25) is 11.7 Å². The summed E-state index contributed by atoms with van der Waals surface area (Å²) in [6.45, 7) is 6.50. The van der Waals surface area contributed by atoms with Crippen LogP contribution in [0.4, 0.5) is 17.3 Å². The number of nitrogens with two attached hydrogens (primary N) is 1. The highest BCUT2D eigenvalue weighted by Crippen LogP contribution is 2.31. The van der Waals surface area contributed by atoms with Crippen molar-refractivity contribution in [2.75, 3.05) is 42.6 Å². The number of Topliss-reactive ketones (excluding diaryl/α,β-unsaturated/α-hetero) is 1. The average molecular weight is 557 g/mol. The number of aliphatic hydroxyl groups excluding tert-OH is 2. The van der Waals surface area contributed by atoms with E-state index in [9.17, 15) is 29.4 Å². The Balaban J connectivity index is 1.17.